The van der Waals surface area contributed by atoms with Crippen molar-refractivity contribution in [2.45, 2.75) is 33.6 Å². The molecule has 13 heavy (non-hydrogen) atoms. The van der Waals surface area contributed by atoms with Crippen LogP contribution in [0.3, 0.4) is 0 Å². The lowest BCUT2D eigenvalue weighted by Gasteiger charge is -2.18. The first kappa shape index (κ1) is 13.3. The van der Waals surface area contributed by atoms with E-state index in [2.05, 4.69) is 32.3 Å². The zero-order valence-corrected chi connectivity index (χ0v) is 10.4. The maximum Gasteiger partial charge on any atom is -0.00202 e. The van der Waals surface area contributed by atoms with Crippen molar-refractivity contribution < 1.29 is 0 Å². The highest BCUT2D eigenvalue weighted by atomic mass is 32.2. The Morgan fingerprint density at radius 3 is 2.46 bits per heavy atom. The van der Waals surface area contributed by atoms with Crippen LogP contribution in [-0.2, 0) is 0 Å². The highest BCUT2D eigenvalue weighted by Gasteiger charge is 2.09. The number of thioether (sulfide) groups is 1. The van der Waals surface area contributed by atoms with E-state index < -0.39 is 0 Å². The second kappa shape index (κ2) is 8.89. The summed E-state index contributed by atoms with van der Waals surface area (Å²) < 4.78 is 0. The van der Waals surface area contributed by atoms with Crippen molar-refractivity contribution in [3.63, 3.8) is 0 Å². The molecule has 0 aliphatic heterocycles. The van der Waals surface area contributed by atoms with Crippen LogP contribution >= 0.6 is 11.8 Å². The molecule has 0 bridgehead atoms. The molecule has 0 heterocycles. The molecule has 0 radical (unpaired) electrons. The van der Waals surface area contributed by atoms with Crippen LogP contribution in [0.4, 0.5) is 0 Å². The smallest absolute Gasteiger partial charge is 0.00202 e. The molecule has 1 N–H and O–H groups in total. The van der Waals surface area contributed by atoms with Gasteiger partial charge in [0.1, 0.15) is 0 Å². The quantitative estimate of drug-likeness (QED) is 0.651. The third-order valence-corrected chi connectivity index (χ3v) is 2.86. The maximum atomic E-state index is 3.45. The Morgan fingerprint density at radius 1 is 1.31 bits per heavy atom. The van der Waals surface area contributed by atoms with Crippen molar-refractivity contribution in [1.29, 1.82) is 0 Å². The van der Waals surface area contributed by atoms with E-state index in [0.29, 0.717) is 0 Å². The van der Waals surface area contributed by atoms with Crippen molar-refractivity contribution in [3.05, 3.63) is 0 Å². The van der Waals surface area contributed by atoms with E-state index in [1.807, 2.05) is 11.8 Å². The molecule has 1 nitrogen and oxygen atoms in total. The first-order valence-electron chi connectivity index (χ1n) is 5.40. The highest BCUT2D eigenvalue weighted by Crippen LogP contribution is 2.16. The summed E-state index contributed by atoms with van der Waals surface area (Å²) in [5.74, 6) is 3.03. The first-order chi connectivity index (χ1) is 6.20. The van der Waals surface area contributed by atoms with Gasteiger partial charge in [-0.25, -0.2) is 0 Å². The van der Waals surface area contributed by atoms with Gasteiger partial charge in [-0.3, -0.25) is 0 Å². The van der Waals surface area contributed by atoms with E-state index in [1.54, 1.807) is 0 Å². The van der Waals surface area contributed by atoms with Crippen molar-refractivity contribution in [2.24, 2.45) is 11.8 Å². The van der Waals surface area contributed by atoms with Gasteiger partial charge in [0.2, 0.25) is 0 Å². The third kappa shape index (κ3) is 8.63. The molecule has 2 heteroatoms. The van der Waals surface area contributed by atoms with Gasteiger partial charge in [0, 0.05) is 0 Å². The molecular weight excluding hydrogens is 178 g/mol. The van der Waals surface area contributed by atoms with Crippen LogP contribution in [0.25, 0.3) is 0 Å². The topological polar surface area (TPSA) is 12.0 Å². The number of nitrogens with one attached hydrogen (secondary N) is 1. The van der Waals surface area contributed by atoms with E-state index in [9.17, 15) is 0 Å². The van der Waals surface area contributed by atoms with Gasteiger partial charge in [-0.1, -0.05) is 20.8 Å². The molecule has 0 amide bonds. The summed E-state index contributed by atoms with van der Waals surface area (Å²) in [6.45, 7) is 9.13. The largest absolute Gasteiger partial charge is 0.317 e. The van der Waals surface area contributed by atoms with E-state index in [0.717, 1.165) is 18.4 Å². The number of hydrogen-bond acceptors (Lipinski definition) is 2. The predicted molar refractivity (Wildman–Crippen MR) is 64.5 cm³/mol. The van der Waals surface area contributed by atoms with Gasteiger partial charge >= 0.3 is 0 Å². The van der Waals surface area contributed by atoms with E-state index in [4.69, 9.17) is 0 Å². The van der Waals surface area contributed by atoms with Gasteiger partial charge in [0.25, 0.3) is 0 Å². The zero-order valence-electron chi connectivity index (χ0n) is 9.60. The molecule has 80 valence electrons. The van der Waals surface area contributed by atoms with Crippen LogP contribution in [0.2, 0.25) is 0 Å². The van der Waals surface area contributed by atoms with Crippen molar-refractivity contribution >= 4 is 11.8 Å². The SMILES string of the molecule is CCNCC(CCSC)CC(C)C. The summed E-state index contributed by atoms with van der Waals surface area (Å²) >= 11 is 1.96. The Morgan fingerprint density at radius 2 is 2.00 bits per heavy atom. The summed E-state index contributed by atoms with van der Waals surface area (Å²) in [5, 5.41) is 3.45. The van der Waals surface area contributed by atoms with E-state index in [-0.39, 0.29) is 0 Å². The van der Waals surface area contributed by atoms with Crippen LogP contribution in [0.1, 0.15) is 33.6 Å². The monoisotopic (exact) mass is 203 g/mol. The fraction of sp³-hybridized carbons (Fsp3) is 1.00. The van der Waals surface area contributed by atoms with E-state index >= 15 is 0 Å². The molecule has 0 aromatic heterocycles. The molecule has 0 spiro atoms. The molecule has 1 unspecified atom stereocenters. The lowest BCUT2D eigenvalue weighted by atomic mass is 9.95. The average molecular weight is 203 g/mol. The summed E-state index contributed by atoms with van der Waals surface area (Å²) in [7, 11) is 0. The summed E-state index contributed by atoms with van der Waals surface area (Å²) in [6, 6.07) is 0. The molecule has 0 aromatic rings. The summed E-state index contributed by atoms with van der Waals surface area (Å²) in [5.41, 5.74) is 0. The molecule has 0 aliphatic carbocycles. The van der Waals surface area contributed by atoms with E-state index in [1.165, 1.54) is 25.1 Å². The number of hydrogen-bond donors (Lipinski definition) is 1. The van der Waals surface area contributed by atoms with Crippen LogP contribution in [-0.4, -0.2) is 25.1 Å². The van der Waals surface area contributed by atoms with Gasteiger partial charge in [0.05, 0.1) is 0 Å². The highest BCUT2D eigenvalue weighted by molar-refractivity contribution is 7.98. The second-order valence-corrected chi connectivity index (χ2v) is 5.07. The second-order valence-electron chi connectivity index (χ2n) is 4.08. The molecule has 0 aliphatic rings. The van der Waals surface area contributed by atoms with Crippen molar-refractivity contribution in [1.82, 2.24) is 5.32 Å². The van der Waals surface area contributed by atoms with Crippen LogP contribution in [0.15, 0.2) is 0 Å². The predicted octanol–water partition coefficient (Wildman–Crippen LogP) is 3.01. The van der Waals surface area contributed by atoms with Gasteiger partial charge in [-0.15, -0.1) is 0 Å². The minimum absolute atomic E-state index is 0.838. The fourth-order valence-corrected chi connectivity index (χ4v) is 2.17. The Balaban J connectivity index is 3.60. The standard InChI is InChI=1S/C11H25NS/c1-5-12-9-11(6-7-13-4)8-10(2)3/h10-12H,5-9H2,1-4H3. The van der Waals surface area contributed by atoms with Gasteiger partial charge < -0.3 is 5.32 Å². The normalized spacial score (nSPS) is 13.6. The van der Waals surface area contributed by atoms with Crippen LogP contribution in [0.5, 0.6) is 0 Å². The molecule has 0 saturated carbocycles. The Labute approximate surface area is 88.1 Å². The summed E-state index contributed by atoms with van der Waals surface area (Å²) in [6.07, 6.45) is 4.93. The Hall–Kier alpha value is 0.310. The molecule has 0 fully saturated rings. The minimum atomic E-state index is 0.838. The Bertz CT molecular complexity index is 96.3. The lowest BCUT2D eigenvalue weighted by molar-refractivity contribution is 0.383. The van der Waals surface area contributed by atoms with Crippen LogP contribution < -0.4 is 5.32 Å². The van der Waals surface area contributed by atoms with Gasteiger partial charge in [0.15, 0.2) is 0 Å². The van der Waals surface area contributed by atoms with Crippen LogP contribution in [0, 0.1) is 11.8 Å². The Kier molecular flexibility index (Phi) is 9.10. The lowest BCUT2D eigenvalue weighted by Crippen LogP contribution is -2.24. The summed E-state index contributed by atoms with van der Waals surface area (Å²) in [4.78, 5) is 0. The fourth-order valence-electron chi connectivity index (χ4n) is 1.60. The zero-order chi connectivity index (χ0) is 10.1. The number of rotatable bonds is 8. The molecule has 0 aromatic carbocycles. The van der Waals surface area contributed by atoms with Crippen molar-refractivity contribution in [2.75, 3.05) is 25.1 Å². The van der Waals surface area contributed by atoms with Gasteiger partial charge in [-0.05, 0) is 49.8 Å². The molecule has 0 saturated heterocycles. The first-order valence-corrected chi connectivity index (χ1v) is 6.79. The third-order valence-electron chi connectivity index (χ3n) is 2.22. The average Bonchev–Trinajstić information content (AvgIpc) is 2.09. The molecule has 0 rings (SSSR count). The minimum Gasteiger partial charge on any atom is -0.317 e. The molecule has 1 atom stereocenters. The molecular formula is C11H25NS. The maximum absolute atomic E-state index is 3.45. The van der Waals surface area contributed by atoms with Crippen molar-refractivity contribution in [3.8, 4) is 0 Å². The van der Waals surface area contributed by atoms with Gasteiger partial charge in [-0.2, -0.15) is 11.8 Å².